The number of nitrogens with zero attached hydrogens (tertiary/aromatic N) is 2. The van der Waals surface area contributed by atoms with Gasteiger partial charge in [0.25, 0.3) is 0 Å². The van der Waals surface area contributed by atoms with Gasteiger partial charge in [0, 0.05) is 38.6 Å². The van der Waals surface area contributed by atoms with Crippen LogP contribution in [0.3, 0.4) is 0 Å². The quantitative estimate of drug-likeness (QED) is 0.595. The molecule has 0 radical (unpaired) electrons. The van der Waals surface area contributed by atoms with Crippen molar-refractivity contribution < 1.29 is 23.9 Å². The Labute approximate surface area is 196 Å². The second kappa shape index (κ2) is 13.1. The van der Waals surface area contributed by atoms with E-state index in [9.17, 15) is 14.4 Å². The number of nitrogens with one attached hydrogen (secondary N) is 1. The third kappa shape index (κ3) is 8.26. The van der Waals surface area contributed by atoms with Crippen LogP contribution < -0.4 is 5.32 Å². The first-order chi connectivity index (χ1) is 16.0. The van der Waals surface area contributed by atoms with Gasteiger partial charge >= 0.3 is 12.2 Å². The van der Waals surface area contributed by atoms with Crippen molar-refractivity contribution in [3.8, 4) is 0 Å². The fourth-order valence-electron chi connectivity index (χ4n) is 4.30. The van der Waals surface area contributed by atoms with Gasteiger partial charge in [-0.2, -0.15) is 0 Å². The Kier molecular flexibility index (Phi) is 9.84. The summed E-state index contributed by atoms with van der Waals surface area (Å²) in [6.07, 6.45) is 4.90. The van der Waals surface area contributed by atoms with Crippen molar-refractivity contribution in [3.63, 3.8) is 0 Å². The Morgan fingerprint density at radius 3 is 2.27 bits per heavy atom. The van der Waals surface area contributed by atoms with Crippen LogP contribution in [-0.4, -0.2) is 66.7 Å². The molecule has 2 heterocycles. The molecule has 3 amide bonds. The molecular formula is C25H37N3O5. The first-order valence-electron chi connectivity index (χ1n) is 12.2. The summed E-state index contributed by atoms with van der Waals surface area (Å²) in [6, 6.07) is 9.61. The molecule has 3 rings (SSSR count). The molecule has 1 aromatic rings. The topological polar surface area (TPSA) is 88.2 Å². The molecule has 33 heavy (non-hydrogen) atoms. The number of hydrogen-bond donors (Lipinski definition) is 1. The number of hydrogen-bond acceptors (Lipinski definition) is 5. The second-order valence-corrected chi connectivity index (χ2v) is 8.96. The van der Waals surface area contributed by atoms with Crippen LogP contribution in [0.15, 0.2) is 30.3 Å². The summed E-state index contributed by atoms with van der Waals surface area (Å²) in [4.78, 5) is 40.5. The van der Waals surface area contributed by atoms with Gasteiger partial charge in [0.1, 0.15) is 6.61 Å². The molecule has 0 aromatic heterocycles. The van der Waals surface area contributed by atoms with E-state index in [4.69, 9.17) is 9.47 Å². The third-order valence-corrected chi connectivity index (χ3v) is 6.44. The number of likely N-dealkylation sites (tertiary alicyclic amines) is 2. The zero-order valence-corrected chi connectivity index (χ0v) is 19.7. The van der Waals surface area contributed by atoms with Gasteiger partial charge in [0.2, 0.25) is 5.91 Å². The van der Waals surface area contributed by atoms with Crippen LogP contribution in [-0.2, 0) is 20.9 Å². The molecule has 0 bridgehead atoms. The van der Waals surface area contributed by atoms with Gasteiger partial charge in [-0.15, -0.1) is 0 Å². The second-order valence-electron chi connectivity index (χ2n) is 8.96. The van der Waals surface area contributed by atoms with Gasteiger partial charge in [-0.3, -0.25) is 4.79 Å². The monoisotopic (exact) mass is 459 g/mol. The Morgan fingerprint density at radius 1 is 0.939 bits per heavy atom. The normalized spacial score (nSPS) is 17.5. The van der Waals surface area contributed by atoms with Crippen LogP contribution in [0.2, 0.25) is 0 Å². The highest BCUT2D eigenvalue weighted by Crippen LogP contribution is 2.23. The van der Waals surface area contributed by atoms with Gasteiger partial charge in [-0.1, -0.05) is 43.7 Å². The summed E-state index contributed by atoms with van der Waals surface area (Å²) in [7, 11) is 0. The molecule has 182 valence electrons. The number of amides is 3. The fraction of sp³-hybridized carbons (Fsp3) is 0.640. The molecule has 2 aliphatic heterocycles. The van der Waals surface area contributed by atoms with E-state index in [-0.39, 0.29) is 24.6 Å². The first kappa shape index (κ1) is 24.9. The summed E-state index contributed by atoms with van der Waals surface area (Å²) in [5, 5.41) is 2.92. The molecule has 0 saturated carbocycles. The minimum absolute atomic E-state index is 0.0271. The summed E-state index contributed by atoms with van der Waals surface area (Å²) < 4.78 is 10.6. The maximum absolute atomic E-state index is 12.8. The Balaban J connectivity index is 1.29. The van der Waals surface area contributed by atoms with Gasteiger partial charge in [0.15, 0.2) is 0 Å². The van der Waals surface area contributed by atoms with Gasteiger partial charge < -0.3 is 24.6 Å². The van der Waals surface area contributed by atoms with E-state index in [0.717, 1.165) is 44.1 Å². The average molecular weight is 460 g/mol. The van der Waals surface area contributed by atoms with Crippen molar-refractivity contribution >= 4 is 18.1 Å². The van der Waals surface area contributed by atoms with E-state index in [0.29, 0.717) is 45.1 Å². The van der Waals surface area contributed by atoms with Crippen LogP contribution >= 0.6 is 0 Å². The fourth-order valence-corrected chi connectivity index (χ4v) is 4.30. The highest BCUT2D eigenvalue weighted by Gasteiger charge is 2.29. The summed E-state index contributed by atoms with van der Waals surface area (Å²) in [6.45, 7) is 5.38. The Morgan fingerprint density at radius 2 is 1.61 bits per heavy atom. The van der Waals surface area contributed by atoms with E-state index in [1.165, 1.54) is 0 Å². The van der Waals surface area contributed by atoms with E-state index >= 15 is 0 Å². The van der Waals surface area contributed by atoms with Gasteiger partial charge in [-0.05, 0) is 43.6 Å². The standard InChI is InChI=1S/C25H37N3O5/c1-2-3-17-32-25(31)28-13-9-20(10-14-28)18-23(29)27-15-11-22(12-16-27)26-24(30)33-19-21-7-5-4-6-8-21/h4-8,20,22H,2-3,9-19H2,1H3,(H,26,30). The molecule has 0 unspecified atom stereocenters. The van der Waals surface area contributed by atoms with Crippen LogP contribution in [0.25, 0.3) is 0 Å². The lowest BCUT2D eigenvalue weighted by Crippen LogP contribution is -2.47. The van der Waals surface area contributed by atoms with Crippen molar-refractivity contribution in [1.82, 2.24) is 15.1 Å². The highest BCUT2D eigenvalue weighted by molar-refractivity contribution is 5.76. The molecule has 2 aliphatic rings. The molecule has 1 N–H and O–H groups in total. The SMILES string of the molecule is CCCCOC(=O)N1CCC(CC(=O)N2CCC(NC(=O)OCc3ccccc3)CC2)CC1. The van der Waals surface area contributed by atoms with E-state index in [1.54, 1.807) is 4.90 Å². The lowest BCUT2D eigenvalue weighted by molar-refractivity contribution is -0.133. The van der Waals surface area contributed by atoms with Gasteiger partial charge in [-0.25, -0.2) is 9.59 Å². The molecule has 2 fully saturated rings. The molecule has 1 aromatic carbocycles. The number of piperidine rings is 2. The number of unbranched alkanes of at least 4 members (excludes halogenated alkanes) is 1. The first-order valence-corrected chi connectivity index (χ1v) is 12.2. The molecule has 0 spiro atoms. The summed E-state index contributed by atoms with van der Waals surface area (Å²) in [5.74, 6) is 0.477. The summed E-state index contributed by atoms with van der Waals surface area (Å²) >= 11 is 0. The zero-order valence-electron chi connectivity index (χ0n) is 19.7. The zero-order chi connectivity index (χ0) is 23.5. The maximum Gasteiger partial charge on any atom is 0.409 e. The molecule has 2 saturated heterocycles. The smallest absolute Gasteiger partial charge is 0.409 e. The number of carbonyl (C=O) groups is 3. The number of rotatable bonds is 8. The number of carbonyl (C=O) groups excluding carboxylic acids is 3. The van der Waals surface area contributed by atoms with Crippen molar-refractivity contribution in [2.45, 2.75) is 64.5 Å². The molecular weight excluding hydrogens is 422 g/mol. The molecule has 0 atom stereocenters. The number of ether oxygens (including phenoxy) is 2. The lowest BCUT2D eigenvalue weighted by Gasteiger charge is -2.35. The molecule has 0 aliphatic carbocycles. The molecule has 8 heteroatoms. The predicted octanol–water partition coefficient (Wildman–Crippen LogP) is 3.94. The third-order valence-electron chi connectivity index (χ3n) is 6.44. The lowest BCUT2D eigenvalue weighted by atomic mass is 9.92. The largest absolute Gasteiger partial charge is 0.449 e. The summed E-state index contributed by atoms with van der Waals surface area (Å²) in [5.41, 5.74) is 0.951. The van der Waals surface area contributed by atoms with Crippen molar-refractivity contribution in [3.05, 3.63) is 35.9 Å². The van der Waals surface area contributed by atoms with Crippen molar-refractivity contribution in [2.24, 2.45) is 5.92 Å². The predicted molar refractivity (Wildman–Crippen MR) is 125 cm³/mol. The van der Waals surface area contributed by atoms with Crippen LogP contribution in [0.1, 0.15) is 57.4 Å². The van der Waals surface area contributed by atoms with Gasteiger partial charge in [0.05, 0.1) is 6.61 Å². The van der Waals surface area contributed by atoms with E-state index < -0.39 is 6.09 Å². The average Bonchev–Trinajstić information content (AvgIpc) is 2.84. The highest BCUT2D eigenvalue weighted by atomic mass is 16.6. The number of benzene rings is 1. The van der Waals surface area contributed by atoms with Crippen LogP contribution in [0.4, 0.5) is 9.59 Å². The Bertz CT molecular complexity index is 757. The minimum Gasteiger partial charge on any atom is -0.449 e. The van der Waals surface area contributed by atoms with E-state index in [1.807, 2.05) is 35.2 Å². The van der Waals surface area contributed by atoms with E-state index in [2.05, 4.69) is 12.2 Å². The van der Waals surface area contributed by atoms with Crippen molar-refractivity contribution in [1.29, 1.82) is 0 Å². The van der Waals surface area contributed by atoms with Crippen molar-refractivity contribution in [2.75, 3.05) is 32.8 Å². The van der Waals surface area contributed by atoms with Crippen LogP contribution in [0, 0.1) is 5.92 Å². The Hall–Kier alpha value is -2.77. The van der Waals surface area contributed by atoms with Crippen LogP contribution in [0.5, 0.6) is 0 Å². The maximum atomic E-state index is 12.8. The number of alkyl carbamates (subject to hydrolysis) is 1. The molecule has 8 nitrogen and oxygen atoms in total. The minimum atomic E-state index is -0.413.